The molecule has 1 aliphatic heterocycles. The summed E-state index contributed by atoms with van der Waals surface area (Å²) < 4.78 is 5.86. The van der Waals surface area contributed by atoms with Crippen LogP contribution < -0.4 is 15.4 Å². The van der Waals surface area contributed by atoms with E-state index < -0.39 is 0 Å². The molecule has 3 rings (SSSR count). The summed E-state index contributed by atoms with van der Waals surface area (Å²) >= 11 is 0. The summed E-state index contributed by atoms with van der Waals surface area (Å²) in [5.74, 6) is 1.91. The molecule has 1 saturated heterocycles. The zero-order chi connectivity index (χ0) is 13.8. The fourth-order valence-corrected chi connectivity index (χ4v) is 2.49. The van der Waals surface area contributed by atoms with E-state index in [2.05, 4.69) is 10.6 Å². The van der Waals surface area contributed by atoms with E-state index in [0.29, 0.717) is 6.54 Å². The fraction of sp³-hybridized carbons (Fsp3) is 0.562. The van der Waals surface area contributed by atoms with Crippen LogP contribution in [-0.2, 0) is 11.3 Å². The summed E-state index contributed by atoms with van der Waals surface area (Å²) in [4.78, 5) is 12.0. The van der Waals surface area contributed by atoms with E-state index in [1.807, 2.05) is 24.3 Å². The van der Waals surface area contributed by atoms with Gasteiger partial charge in [0.05, 0.1) is 12.5 Å². The highest BCUT2D eigenvalue weighted by atomic mass is 35.5. The van der Waals surface area contributed by atoms with Gasteiger partial charge in [0.15, 0.2) is 0 Å². The predicted molar refractivity (Wildman–Crippen MR) is 84.7 cm³/mol. The lowest BCUT2D eigenvalue weighted by atomic mass is 10.1. The van der Waals surface area contributed by atoms with Crippen molar-refractivity contribution in [2.24, 2.45) is 11.8 Å². The third-order valence-electron chi connectivity index (χ3n) is 4.03. The van der Waals surface area contributed by atoms with E-state index in [1.165, 1.54) is 12.8 Å². The average molecular weight is 311 g/mol. The minimum Gasteiger partial charge on any atom is -0.493 e. The Morgan fingerprint density at radius 3 is 2.81 bits per heavy atom. The smallest absolute Gasteiger partial charge is 0.224 e. The number of carbonyl (C=O) groups excluding carboxylic acids is 1. The molecule has 1 atom stereocenters. The lowest BCUT2D eigenvalue weighted by Crippen LogP contribution is -2.31. The third kappa shape index (κ3) is 4.61. The molecule has 4 nitrogen and oxygen atoms in total. The molecule has 0 aromatic heterocycles. The molecule has 1 saturated carbocycles. The van der Waals surface area contributed by atoms with Gasteiger partial charge in [-0.15, -0.1) is 12.4 Å². The molecule has 5 heteroatoms. The van der Waals surface area contributed by atoms with Crippen molar-refractivity contribution in [3.05, 3.63) is 29.8 Å². The Bertz CT molecular complexity index is 471. The zero-order valence-electron chi connectivity index (χ0n) is 12.1. The second-order valence-electron chi connectivity index (χ2n) is 5.77. The number of hydrogen-bond acceptors (Lipinski definition) is 3. The fourth-order valence-electron chi connectivity index (χ4n) is 2.49. The summed E-state index contributed by atoms with van der Waals surface area (Å²) in [6, 6.07) is 7.98. The van der Waals surface area contributed by atoms with Gasteiger partial charge in [-0.2, -0.15) is 0 Å². The second kappa shape index (κ2) is 7.66. The van der Waals surface area contributed by atoms with Crippen LogP contribution in [0.5, 0.6) is 5.75 Å². The van der Waals surface area contributed by atoms with Crippen LogP contribution in [0.3, 0.4) is 0 Å². The van der Waals surface area contributed by atoms with Crippen molar-refractivity contribution in [3.8, 4) is 5.75 Å². The Hall–Kier alpha value is -1.26. The number of rotatable bonds is 6. The number of carbonyl (C=O) groups is 1. The van der Waals surface area contributed by atoms with Gasteiger partial charge in [0.2, 0.25) is 5.91 Å². The van der Waals surface area contributed by atoms with Crippen molar-refractivity contribution in [3.63, 3.8) is 0 Å². The second-order valence-corrected chi connectivity index (χ2v) is 5.77. The van der Waals surface area contributed by atoms with Crippen LogP contribution in [0.15, 0.2) is 24.3 Å². The monoisotopic (exact) mass is 310 g/mol. The highest BCUT2D eigenvalue weighted by Gasteiger charge is 2.23. The molecular weight excluding hydrogens is 288 g/mol. The molecule has 21 heavy (non-hydrogen) atoms. The van der Waals surface area contributed by atoms with Gasteiger partial charge in [-0.05, 0) is 37.8 Å². The first-order valence-corrected chi connectivity index (χ1v) is 7.52. The number of nitrogens with one attached hydrogen (secondary N) is 2. The number of halogens is 1. The van der Waals surface area contributed by atoms with Gasteiger partial charge in [0.1, 0.15) is 5.75 Å². The maximum absolute atomic E-state index is 12.0. The van der Waals surface area contributed by atoms with Crippen LogP contribution in [0.1, 0.15) is 24.8 Å². The maximum atomic E-state index is 12.0. The van der Waals surface area contributed by atoms with Crippen molar-refractivity contribution in [2.75, 3.05) is 19.7 Å². The molecule has 116 valence electrons. The lowest BCUT2D eigenvalue weighted by Gasteiger charge is -2.13. The van der Waals surface area contributed by atoms with Crippen LogP contribution >= 0.6 is 12.4 Å². The van der Waals surface area contributed by atoms with E-state index in [1.54, 1.807) is 0 Å². The van der Waals surface area contributed by atoms with Gasteiger partial charge in [-0.3, -0.25) is 4.79 Å². The summed E-state index contributed by atoms with van der Waals surface area (Å²) in [5.41, 5.74) is 1.06. The molecule has 2 N–H and O–H groups in total. The molecule has 1 amide bonds. The summed E-state index contributed by atoms with van der Waals surface area (Å²) in [6.07, 6.45) is 3.51. The lowest BCUT2D eigenvalue weighted by molar-refractivity contribution is -0.124. The standard InChI is InChI=1S/C16H22N2O2.ClH/c19-16(14-7-8-17-9-14)18-10-13-3-1-2-4-15(13)20-11-12-5-6-12;/h1-4,12,14,17H,5-11H2,(H,18,19);1H. The van der Waals surface area contributed by atoms with Gasteiger partial charge in [0, 0.05) is 18.7 Å². The van der Waals surface area contributed by atoms with E-state index in [4.69, 9.17) is 4.74 Å². The number of ether oxygens (including phenoxy) is 1. The third-order valence-corrected chi connectivity index (χ3v) is 4.03. The Morgan fingerprint density at radius 2 is 2.10 bits per heavy atom. The number of hydrogen-bond donors (Lipinski definition) is 2. The highest BCUT2D eigenvalue weighted by molar-refractivity contribution is 5.85. The van der Waals surface area contributed by atoms with Gasteiger partial charge >= 0.3 is 0 Å². The van der Waals surface area contributed by atoms with Crippen LogP contribution in [0.25, 0.3) is 0 Å². The number of para-hydroxylation sites is 1. The van der Waals surface area contributed by atoms with E-state index in [-0.39, 0.29) is 24.2 Å². The molecule has 0 radical (unpaired) electrons. The van der Waals surface area contributed by atoms with Crippen molar-refractivity contribution < 1.29 is 9.53 Å². The van der Waals surface area contributed by atoms with Crippen molar-refractivity contribution in [1.82, 2.24) is 10.6 Å². The largest absolute Gasteiger partial charge is 0.493 e. The van der Waals surface area contributed by atoms with Crippen molar-refractivity contribution >= 4 is 18.3 Å². The minimum atomic E-state index is 0. The number of benzene rings is 1. The van der Waals surface area contributed by atoms with Crippen LogP contribution in [0, 0.1) is 11.8 Å². The van der Waals surface area contributed by atoms with Gasteiger partial charge in [0.25, 0.3) is 0 Å². The molecule has 1 aromatic rings. The first kappa shape index (κ1) is 16.1. The summed E-state index contributed by atoms with van der Waals surface area (Å²) in [7, 11) is 0. The van der Waals surface area contributed by atoms with Crippen molar-refractivity contribution in [2.45, 2.75) is 25.8 Å². The molecule has 1 heterocycles. The Morgan fingerprint density at radius 1 is 1.29 bits per heavy atom. The molecule has 1 unspecified atom stereocenters. The summed E-state index contributed by atoms with van der Waals surface area (Å²) in [6.45, 7) is 3.10. The molecule has 0 spiro atoms. The van der Waals surface area contributed by atoms with E-state index >= 15 is 0 Å². The first-order valence-electron chi connectivity index (χ1n) is 7.52. The molecular formula is C16H23ClN2O2. The van der Waals surface area contributed by atoms with Crippen LogP contribution in [0.4, 0.5) is 0 Å². The van der Waals surface area contributed by atoms with Crippen molar-refractivity contribution in [1.29, 1.82) is 0 Å². The minimum absolute atomic E-state index is 0. The van der Waals surface area contributed by atoms with E-state index in [9.17, 15) is 4.79 Å². The molecule has 1 aromatic carbocycles. The molecule has 0 bridgehead atoms. The Labute approximate surface area is 132 Å². The van der Waals surface area contributed by atoms with Gasteiger partial charge in [-0.25, -0.2) is 0 Å². The summed E-state index contributed by atoms with van der Waals surface area (Å²) in [5, 5.41) is 6.24. The number of amides is 1. The van der Waals surface area contributed by atoms with E-state index in [0.717, 1.165) is 43.3 Å². The predicted octanol–water partition coefficient (Wildman–Crippen LogP) is 2.12. The average Bonchev–Trinajstić information content (AvgIpc) is 3.14. The zero-order valence-corrected chi connectivity index (χ0v) is 13.0. The van der Waals surface area contributed by atoms with Crippen LogP contribution in [0.2, 0.25) is 0 Å². The maximum Gasteiger partial charge on any atom is 0.224 e. The highest BCUT2D eigenvalue weighted by Crippen LogP contribution is 2.30. The normalized spacial score (nSPS) is 20.7. The molecule has 2 fully saturated rings. The quantitative estimate of drug-likeness (QED) is 0.846. The molecule has 1 aliphatic carbocycles. The Balaban J connectivity index is 0.00000161. The van der Waals surface area contributed by atoms with Gasteiger partial charge in [-0.1, -0.05) is 18.2 Å². The Kier molecular flexibility index (Phi) is 5.88. The SMILES string of the molecule is Cl.O=C(NCc1ccccc1OCC1CC1)C1CCNC1. The van der Waals surface area contributed by atoms with Gasteiger partial charge < -0.3 is 15.4 Å². The van der Waals surface area contributed by atoms with Crippen LogP contribution in [-0.4, -0.2) is 25.6 Å². The topological polar surface area (TPSA) is 50.4 Å². The first-order chi connectivity index (χ1) is 9.83. The molecule has 2 aliphatic rings.